The molecule has 0 amide bonds. The molecule has 0 unspecified atom stereocenters. The molecular weight excluding hydrogens is 304 g/mol. The molecule has 4 aliphatic rings. The molecule has 1 spiro atoms. The number of ketones is 1. The zero-order chi connectivity index (χ0) is 17.5. The fourth-order valence-electron chi connectivity index (χ4n) is 6.23. The monoisotopic (exact) mass is 332 g/mol. The Hall–Kier alpha value is -1.13. The summed E-state index contributed by atoms with van der Waals surface area (Å²) in [7, 11) is 0. The lowest BCUT2D eigenvalue weighted by Gasteiger charge is -2.56. The van der Waals surface area contributed by atoms with Crippen LogP contribution in [0.5, 0.6) is 0 Å². The van der Waals surface area contributed by atoms with E-state index in [9.17, 15) is 15.0 Å². The molecular formula is C20H28O4. The predicted octanol–water partition coefficient (Wildman–Crippen LogP) is 3.31. The lowest BCUT2D eigenvalue weighted by atomic mass is 9.47. The van der Waals surface area contributed by atoms with E-state index in [4.69, 9.17) is 4.74 Å². The normalized spacial score (nSPS) is 43.6. The van der Waals surface area contributed by atoms with E-state index in [1.54, 1.807) is 0 Å². The number of aliphatic hydroxyl groups is 2. The number of aliphatic hydroxyl groups excluding tert-OH is 2. The van der Waals surface area contributed by atoms with Crippen LogP contribution >= 0.6 is 0 Å². The van der Waals surface area contributed by atoms with Crippen molar-refractivity contribution in [2.45, 2.75) is 65.1 Å². The van der Waals surface area contributed by atoms with Crippen LogP contribution in [0, 0.1) is 22.7 Å². The van der Waals surface area contributed by atoms with Gasteiger partial charge in [0.05, 0.1) is 12.7 Å². The third-order valence-corrected chi connectivity index (χ3v) is 7.01. The second-order valence-electron chi connectivity index (χ2n) is 9.28. The summed E-state index contributed by atoms with van der Waals surface area (Å²) in [6.45, 7) is 8.84. The number of carbonyl (C=O) groups excluding carboxylic acids is 1. The van der Waals surface area contributed by atoms with Crippen molar-refractivity contribution in [3.63, 3.8) is 0 Å². The number of hydrogen-bond acceptors (Lipinski definition) is 4. The van der Waals surface area contributed by atoms with Crippen LogP contribution < -0.4 is 0 Å². The summed E-state index contributed by atoms with van der Waals surface area (Å²) in [5.74, 6) is 0.0251. The molecule has 2 bridgehead atoms. The van der Waals surface area contributed by atoms with Crippen LogP contribution in [0.15, 0.2) is 23.0 Å². The maximum Gasteiger partial charge on any atom is 0.223 e. The van der Waals surface area contributed by atoms with Gasteiger partial charge < -0.3 is 14.9 Å². The van der Waals surface area contributed by atoms with Gasteiger partial charge >= 0.3 is 0 Å². The molecule has 4 atom stereocenters. The molecule has 1 saturated heterocycles. The van der Waals surface area contributed by atoms with Gasteiger partial charge in [0, 0.05) is 16.6 Å². The van der Waals surface area contributed by atoms with E-state index in [0.717, 1.165) is 24.8 Å². The van der Waals surface area contributed by atoms with Gasteiger partial charge in [-0.1, -0.05) is 27.7 Å². The SMILES string of the molecule is CC(C)C1=C[C@@]23CC[C@H]4C(C)(C)C[C@H](O)C[C@]4(CO2)C3=C(O)C1=O. The standard InChI is InChI=1S/C20H28O4/c1-11(2)13-9-20-6-5-14-18(3,4)7-12(21)8-19(14,10-24-20)17(20)16(23)15(13)22/h9,11-12,14,21,23H,5-8,10H2,1-4H3/t12-,14-,19+,20+/m0/s1. The van der Waals surface area contributed by atoms with E-state index >= 15 is 0 Å². The second-order valence-corrected chi connectivity index (χ2v) is 9.28. The zero-order valence-corrected chi connectivity index (χ0v) is 15.1. The van der Waals surface area contributed by atoms with Crippen LogP contribution in [0.25, 0.3) is 0 Å². The molecule has 4 nitrogen and oxygen atoms in total. The minimum atomic E-state index is -0.638. The van der Waals surface area contributed by atoms with Crippen molar-refractivity contribution >= 4 is 5.78 Å². The third kappa shape index (κ3) is 1.84. The number of carbonyl (C=O) groups is 1. The highest BCUT2D eigenvalue weighted by Gasteiger charge is 2.67. The Labute approximate surface area is 143 Å². The van der Waals surface area contributed by atoms with Gasteiger partial charge in [-0.15, -0.1) is 0 Å². The highest BCUT2D eigenvalue weighted by atomic mass is 16.5. The summed E-state index contributed by atoms with van der Waals surface area (Å²) in [6, 6.07) is 0. The van der Waals surface area contributed by atoms with E-state index in [2.05, 4.69) is 13.8 Å². The molecule has 4 rings (SSSR count). The highest BCUT2D eigenvalue weighted by molar-refractivity contribution is 6.09. The van der Waals surface area contributed by atoms with Crippen LogP contribution in [0.1, 0.15) is 53.4 Å². The Balaban J connectivity index is 1.91. The molecule has 1 aliphatic heterocycles. The molecule has 24 heavy (non-hydrogen) atoms. The van der Waals surface area contributed by atoms with Gasteiger partial charge in [0.1, 0.15) is 5.60 Å². The molecule has 0 aromatic rings. The third-order valence-electron chi connectivity index (χ3n) is 7.01. The largest absolute Gasteiger partial charge is 0.504 e. The van der Waals surface area contributed by atoms with Gasteiger partial charge in [-0.05, 0) is 49.0 Å². The van der Waals surface area contributed by atoms with E-state index < -0.39 is 17.1 Å². The quantitative estimate of drug-likeness (QED) is 0.773. The van der Waals surface area contributed by atoms with Crippen LogP contribution in [-0.4, -0.2) is 34.3 Å². The van der Waals surface area contributed by atoms with Gasteiger partial charge in [-0.25, -0.2) is 0 Å². The van der Waals surface area contributed by atoms with Crippen molar-refractivity contribution in [2.24, 2.45) is 22.7 Å². The minimum Gasteiger partial charge on any atom is -0.504 e. The highest BCUT2D eigenvalue weighted by Crippen LogP contribution is 2.68. The second kappa shape index (κ2) is 4.73. The van der Waals surface area contributed by atoms with E-state index in [1.807, 2.05) is 19.9 Å². The number of rotatable bonds is 1. The van der Waals surface area contributed by atoms with Crippen LogP contribution in [0.4, 0.5) is 0 Å². The maximum absolute atomic E-state index is 12.8. The average molecular weight is 332 g/mol. The Morgan fingerprint density at radius 3 is 2.67 bits per heavy atom. The summed E-state index contributed by atoms with van der Waals surface area (Å²) >= 11 is 0. The zero-order valence-electron chi connectivity index (χ0n) is 15.1. The molecule has 3 aliphatic carbocycles. The summed E-state index contributed by atoms with van der Waals surface area (Å²) in [6.07, 6.45) is 4.73. The predicted molar refractivity (Wildman–Crippen MR) is 90.4 cm³/mol. The van der Waals surface area contributed by atoms with Gasteiger partial charge in [0.25, 0.3) is 0 Å². The van der Waals surface area contributed by atoms with Crippen molar-refractivity contribution in [1.82, 2.24) is 0 Å². The number of Topliss-reactive ketones (excluding diaryl/α,β-unsaturated/α-hetero) is 1. The van der Waals surface area contributed by atoms with Crippen molar-refractivity contribution in [3.8, 4) is 0 Å². The molecule has 3 fully saturated rings. The molecule has 4 heteroatoms. The van der Waals surface area contributed by atoms with Crippen molar-refractivity contribution in [2.75, 3.05) is 6.61 Å². The van der Waals surface area contributed by atoms with Gasteiger partial charge in [0.2, 0.25) is 5.78 Å². The number of allylic oxidation sites excluding steroid dienone is 1. The van der Waals surface area contributed by atoms with Crippen molar-refractivity contribution in [3.05, 3.63) is 23.0 Å². The first-order valence-electron chi connectivity index (χ1n) is 9.17. The Kier molecular flexibility index (Phi) is 3.22. The van der Waals surface area contributed by atoms with Crippen molar-refractivity contribution in [1.29, 1.82) is 0 Å². The molecule has 1 heterocycles. The van der Waals surface area contributed by atoms with Gasteiger partial charge in [-0.3, -0.25) is 4.79 Å². The fraction of sp³-hybridized carbons (Fsp3) is 0.750. The van der Waals surface area contributed by atoms with Crippen LogP contribution in [0.2, 0.25) is 0 Å². The topological polar surface area (TPSA) is 66.8 Å². The molecule has 0 radical (unpaired) electrons. The van der Waals surface area contributed by atoms with E-state index in [1.165, 1.54) is 0 Å². The molecule has 2 saturated carbocycles. The molecule has 132 valence electrons. The first kappa shape index (κ1) is 16.3. The van der Waals surface area contributed by atoms with E-state index in [-0.39, 0.29) is 22.9 Å². The Morgan fingerprint density at radius 1 is 1.29 bits per heavy atom. The Morgan fingerprint density at radius 2 is 2.00 bits per heavy atom. The molecule has 2 N–H and O–H groups in total. The fourth-order valence-corrected chi connectivity index (χ4v) is 6.23. The summed E-state index contributed by atoms with van der Waals surface area (Å²) < 4.78 is 6.31. The van der Waals surface area contributed by atoms with Gasteiger partial charge in [0.15, 0.2) is 5.76 Å². The molecule has 0 aromatic carbocycles. The lowest BCUT2D eigenvalue weighted by molar-refractivity contribution is -0.116. The number of hydrogen-bond donors (Lipinski definition) is 2. The Bertz CT molecular complexity index is 671. The van der Waals surface area contributed by atoms with Crippen molar-refractivity contribution < 1.29 is 19.7 Å². The van der Waals surface area contributed by atoms with Gasteiger partial charge in [-0.2, -0.15) is 0 Å². The lowest BCUT2D eigenvalue weighted by Crippen LogP contribution is -2.55. The van der Waals surface area contributed by atoms with Crippen LogP contribution in [0.3, 0.4) is 0 Å². The first-order valence-corrected chi connectivity index (χ1v) is 9.17. The maximum atomic E-state index is 12.8. The molecule has 0 aromatic heterocycles. The first-order chi connectivity index (χ1) is 11.1. The minimum absolute atomic E-state index is 0.0319. The van der Waals surface area contributed by atoms with E-state index in [0.29, 0.717) is 24.5 Å². The van der Waals surface area contributed by atoms with Crippen LogP contribution in [-0.2, 0) is 9.53 Å². The number of ether oxygens (including phenoxy) is 1. The smallest absolute Gasteiger partial charge is 0.223 e. The summed E-state index contributed by atoms with van der Waals surface area (Å²) in [5.41, 5.74) is 0.352. The summed E-state index contributed by atoms with van der Waals surface area (Å²) in [4.78, 5) is 12.8. The average Bonchev–Trinajstić information content (AvgIpc) is 2.66. The summed E-state index contributed by atoms with van der Waals surface area (Å²) in [5, 5.41) is 21.4.